The highest BCUT2D eigenvalue weighted by Gasteiger charge is 2.37. The summed E-state index contributed by atoms with van der Waals surface area (Å²) in [7, 11) is 0. The van der Waals surface area contributed by atoms with Gasteiger partial charge in [-0.2, -0.15) is 0 Å². The minimum Gasteiger partial charge on any atom is -0.343 e. The number of nitrogens with one attached hydrogen (secondary N) is 1. The van der Waals surface area contributed by atoms with E-state index < -0.39 is 0 Å². The number of amides is 2. The van der Waals surface area contributed by atoms with Gasteiger partial charge in [0.05, 0.1) is 11.7 Å². The fourth-order valence-electron chi connectivity index (χ4n) is 3.95. The molecule has 1 N–H and O–H groups in total. The lowest BCUT2D eigenvalue weighted by atomic mass is 9.89. The Kier molecular flexibility index (Phi) is 5.37. The summed E-state index contributed by atoms with van der Waals surface area (Å²) in [6, 6.07) is 6.35. The second-order valence-electron chi connectivity index (χ2n) is 6.98. The highest BCUT2D eigenvalue weighted by Crippen LogP contribution is 2.27. The maximum atomic E-state index is 14.0. The molecule has 25 heavy (non-hydrogen) atoms. The van der Waals surface area contributed by atoms with E-state index >= 15 is 0 Å². The first kappa shape index (κ1) is 17.9. The molecule has 0 saturated carbocycles. The van der Waals surface area contributed by atoms with E-state index in [2.05, 4.69) is 12.2 Å². The topological polar surface area (TPSA) is 52.7 Å². The Morgan fingerprint density at radius 3 is 2.72 bits per heavy atom. The lowest BCUT2D eigenvalue weighted by Crippen LogP contribution is -2.54. The average Bonchev–Trinajstić information content (AvgIpc) is 2.96. The van der Waals surface area contributed by atoms with Gasteiger partial charge in [0.2, 0.25) is 11.8 Å². The molecular weight excluding hydrogens is 321 g/mol. The molecule has 3 rings (SSSR count). The fourth-order valence-corrected chi connectivity index (χ4v) is 3.95. The van der Waals surface area contributed by atoms with Crippen LogP contribution in [0.2, 0.25) is 0 Å². The number of piperidine rings is 1. The van der Waals surface area contributed by atoms with Crippen LogP contribution in [0.25, 0.3) is 0 Å². The molecule has 6 heteroatoms. The molecule has 2 fully saturated rings. The summed E-state index contributed by atoms with van der Waals surface area (Å²) < 4.78 is 14.0. The standard InChI is InChI=1S/C19H26FN3O2/c1-3-14-12-22(13(2)24)10-8-16(14)21-17-9-11-23(19(17)25)18-7-5-4-6-15(18)20/h4-7,14,16-17,21H,3,8-12H2,1-2H3/t14-,16-,17-/m1/s1. The monoisotopic (exact) mass is 347 g/mol. The second kappa shape index (κ2) is 7.52. The smallest absolute Gasteiger partial charge is 0.244 e. The Hall–Kier alpha value is -1.95. The van der Waals surface area contributed by atoms with Crippen LogP contribution >= 0.6 is 0 Å². The van der Waals surface area contributed by atoms with Gasteiger partial charge >= 0.3 is 0 Å². The Morgan fingerprint density at radius 2 is 2.04 bits per heavy atom. The van der Waals surface area contributed by atoms with Crippen molar-refractivity contribution in [3.63, 3.8) is 0 Å². The van der Waals surface area contributed by atoms with Crippen molar-refractivity contribution in [2.24, 2.45) is 5.92 Å². The Bertz CT molecular complexity index is 651. The summed E-state index contributed by atoms with van der Waals surface area (Å²) in [6.45, 7) is 5.71. The number of anilines is 1. The Labute approximate surface area is 148 Å². The summed E-state index contributed by atoms with van der Waals surface area (Å²) in [5.41, 5.74) is 0.357. The lowest BCUT2D eigenvalue weighted by molar-refractivity contribution is -0.131. The molecule has 3 atom stereocenters. The molecule has 0 bridgehead atoms. The van der Waals surface area contributed by atoms with E-state index in [1.807, 2.05) is 4.90 Å². The molecule has 0 radical (unpaired) electrons. The van der Waals surface area contributed by atoms with Crippen molar-refractivity contribution >= 4 is 17.5 Å². The molecule has 0 unspecified atom stereocenters. The van der Waals surface area contributed by atoms with Crippen molar-refractivity contribution in [3.8, 4) is 0 Å². The largest absolute Gasteiger partial charge is 0.343 e. The van der Waals surface area contributed by atoms with E-state index in [1.54, 1.807) is 30.0 Å². The molecular formula is C19H26FN3O2. The van der Waals surface area contributed by atoms with E-state index in [-0.39, 0.29) is 29.7 Å². The quantitative estimate of drug-likeness (QED) is 0.908. The number of carbonyl (C=O) groups is 2. The maximum absolute atomic E-state index is 14.0. The summed E-state index contributed by atoms with van der Waals surface area (Å²) in [5.74, 6) is 0.0270. The van der Waals surface area contributed by atoms with E-state index in [9.17, 15) is 14.0 Å². The van der Waals surface area contributed by atoms with Crippen molar-refractivity contribution < 1.29 is 14.0 Å². The highest BCUT2D eigenvalue weighted by molar-refractivity contribution is 5.99. The zero-order valence-electron chi connectivity index (χ0n) is 14.9. The van der Waals surface area contributed by atoms with Crippen LogP contribution in [0.4, 0.5) is 10.1 Å². The van der Waals surface area contributed by atoms with Crippen LogP contribution in [0.15, 0.2) is 24.3 Å². The van der Waals surface area contributed by atoms with Crippen LogP contribution < -0.4 is 10.2 Å². The number of rotatable bonds is 4. The van der Waals surface area contributed by atoms with Crippen LogP contribution in [0.5, 0.6) is 0 Å². The molecule has 1 aromatic rings. The van der Waals surface area contributed by atoms with Crippen molar-refractivity contribution in [1.82, 2.24) is 10.2 Å². The normalized spacial score (nSPS) is 27.0. The third kappa shape index (κ3) is 3.68. The van der Waals surface area contributed by atoms with Crippen molar-refractivity contribution in [1.29, 1.82) is 0 Å². The minimum absolute atomic E-state index is 0.0612. The molecule has 0 aromatic heterocycles. The van der Waals surface area contributed by atoms with Gasteiger partial charge in [-0.3, -0.25) is 9.59 Å². The van der Waals surface area contributed by atoms with Crippen molar-refractivity contribution in [2.75, 3.05) is 24.5 Å². The average molecular weight is 347 g/mol. The summed E-state index contributed by atoms with van der Waals surface area (Å²) >= 11 is 0. The predicted octanol–water partition coefficient (Wildman–Crippen LogP) is 2.17. The number of hydrogen-bond acceptors (Lipinski definition) is 3. The van der Waals surface area contributed by atoms with Gasteiger partial charge in [0.15, 0.2) is 0 Å². The number of hydrogen-bond donors (Lipinski definition) is 1. The van der Waals surface area contributed by atoms with Gasteiger partial charge in [0, 0.05) is 32.6 Å². The van der Waals surface area contributed by atoms with Gasteiger partial charge in [0.25, 0.3) is 0 Å². The second-order valence-corrected chi connectivity index (χ2v) is 6.98. The van der Waals surface area contributed by atoms with Gasteiger partial charge in [-0.15, -0.1) is 0 Å². The van der Waals surface area contributed by atoms with Crippen LogP contribution in [0, 0.1) is 11.7 Å². The Morgan fingerprint density at radius 1 is 1.28 bits per heavy atom. The zero-order valence-corrected chi connectivity index (χ0v) is 14.9. The number of nitrogens with zero attached hydrogens (tertiary/aromatic N) is 2. The first-order valence-corrected chi connectivity index (χ1v) is 9.08. The van der Waals surface area contributed by atoms with E-state index in [4.69, 9.17) is 0 Å². The predicted molar refractivity (Wildman–Crippen MR) is 94.7 cm³/mol. The Balaban J connectivity index is 1.65. The molecule has 2 saturated heterocycles. The summed E-state index contributed by atoms with van der Waals surface area (Å²) in [4.78, 5) is 27.8. The molecule has 0 spiro atoms. The SMILES string of the molecule is CC[C@@H]1CN(C(C)=O)CC[C@H]1N[C@@H]1CCN(c2ccccc2F)C1=O. The van der Waals surface area contributed by atoms with Crippen LogP contribution in [-0.4, -0.2) is 48.4 Å². The van der Waals surface area contributed by atoms with Crippen LogP contribution in [0.1, 0.15) is 33.1 Å². The minimum atomic E-state index is -0.363. The van der Waals surface area contributed by atoms with Crippen LogP contribution in [-0.2, 0) is 9.59 Å². The van der Waals surface area contributed by atoms with Crippen LogP contribution in [0.3, 0.4) is 0 Å². The van der Waals surface area contributed by atoms with E-state index in [1.165, 1.54) is 6.07 Å². The van der Waals surface area contributed by atoms with Gasteiger partial charge in [-0.25, -0.2) is 4.39 Å². The van der Waals surface area contributed by atoms with Gasteiger partial charge in [-0.05, 0) is 30.9 Å². The number of benzene rings is 1. The van der Waals surface area contributed by atoms with E-state index in [0.29, 0.717) is 24.6 Å². The van der Waals surface area contributed by atoms with Gasteiger partial charge in [0.1, 0.15) is 5.82 Å². The third-order valence-electron chi connectivity index (χ3n) is 5.47. The highest BCUT2D eigenvalue weighted by atomic mass is 19.1. The molecule has 2 heterocycles. The molecule has 136 valence electrons. The van der Waals surface area contributed by atoms with Gasteiger partial charge in [-0.1, -0.05) is 25.5 Å². The summed E-state index contributed by atoms with van der Waals surface area (Å²) in [6.07, 6.45) is 2.48. The molecule has 2 aliphatic rings. The zero-order chi connectivity index (χ0) is 18.0. The number of halogens is 1. The molecule has 2 amide bonds. The maximum Gasteiger partial charge on any atom is 0.244 e. The fraction of sp³-hybridized carbons (Fsp3) is 0.579. The van der Waals surface area contributed by atoms with E-state index in [0.717, 1.165) is 25.9 Å². The molecule has 1 aromatic carbocycles. The number of carbonyl (C=O) groups excluding carboxylic acids is 2. The number of likely N-dealkylation sites (tertiary alicyclic amines) is 1. The lowest BCUT2D eigenvalue weighted by Gasteiger charge is -2.39. The number of para-hydroxylation sites is 1. The third-order valence-corrected chi connectivity index (χ3v) is 5.47. The van der Waals surface area contributed by atoms with Crippen molar-refractivity contribution in [3.05, 3.63) is 30.1 Å². The summed E-state index contributed by atoms with van der Waals surface area (Å²) in [5, 5.41) is 3.50. The molecule has 5 nitrogen and oxygen atoms in total. The van der Waals surface area contributed by atoms with Crippen molar-refractivity contribution in [2.45, 2.75) is 45.2 Å². The molecule has 0 aliphatic carbocycles. The van der Waals surface area contributed by atoms with Gasteiger partial charge < -0.3 is 15.1 Å². The molecule has 2 aliphatic heterocycles. The first-order chi connectivity index (χ1) is 12.0. The first-order valence-electron chi connectivity index (χ1n) is 9.08.